The molecule has 3 N–H and O–H groups in total. The molecule has 0 unspecified atom stereocenters. The Labute approximate surface area is 126 Å². The number of hydrogen-bond donors (Lipinski definition) is 2. The van der Waals surface area contributed by atoms with Crippen LogP contribution in [0, 0.1) is 6.92 Å². The Morgan fingerprint density at radius 3 is 2.70 bits per heavy atom. The molecular formula is C13H14BrN3O2S. The fourth-order valence-electron chi connectivity index (χ4n) is 1.70. The first-order valence-corrected chi connectivity index (χ1v) is 8.13. The molecule has 0 aliphatic carbocycles. The predicted molar refractivity (Wildman–Crippen MR) is 81.8 cm³/mol. The van der Waals surface area contributed by atoms with E-state index < -0.39 is 10.0 Å². The summed E-state index contributed by atoms with van der Waals surface area (Å²) in [5, 5.41) is 0. The highest BCUT2D eigenvalue weighted by Crippen LogP contribution is 2.25. The third kappa shape index (κ3) is 3.36. The van der Waals surface area contributed by atoms with E-state index in [2.05, 4.69) is 25.6 Å². The Morgan fingerprint density at radius 2 is 2.05 bits per heavy atom. The van der Waals surface area contributed by atoms with Crippen molar-refractivity contribution in [1.29, 1.82) is 0 Å². The fraction of sp³-hybridized carbons (Fsp3) is 0.154. The first kappa shape index (κ1) is 15.0. The van der Waals surface area contributed by atoms with E-state index in [1.54, 1.807) is 30.5 Å². The highest BCUT2D eigenvalue weighted by molar-refractivity contribution is 9.10. The minimum absolute atomic E-state index is 0.155. The standard InChI is InChI=1S/C13H14BrN3O2S/c1-9-4-11(8-16-7-9)17-20(18,19)13-5-10(6-15)2-3-12(13)14/h2-5,7-8,17H,6,15H2,1H3. The first-order valence-electron chi connectivity index (χ1n) is 5.85. The van der Waals surface area contributed by atoms with Crippen molar-refractivity contribution in [2.45, 2.75) is 18.4 Å². The molecule has 2 aromatic rings. The molecule has 1 heterocycles. The average Bonchev–Trinajstić information content (AvgIpc) is 2.38. The number of nitrogens with zero attached hydrogens (tertiary/aromatic N) is 1. The Kier molecular flexibility index (Phi) is 4.42. The molecule has 0 aliphatic rings. The summed E-state index contributed by atoms with van der Waals surface area (Å²) in [5.41, 5.74) is 7.59. The van der Waals surface area contributed by atoms with Gasteiger partial charge in [-0.3, -0.25) is 9.71 Å². The van der Waals surface area contributed by atoms with E-state index in [4.69, 9.17) is 5.73 Å². The number of nitrogens with one attached hydrogen (secondary N) is 1. The molecule has 106 valence electrons. The van der Waals surface area contributed by atoms with Crippen LogP contribution in [0.2, 0.25) is 0 Å². The van der Waals surface area contributed by atoms with Crippen LogP contribution in [-0.4, -0.2) is 13.4 Å². The van der Waals surface area contributed by atoms with Crippen LogP contribution in [0.5, 0.6) is 0 Å². The molecule has 0 bridgehead atoms. The summed E-state index contributed by atoms with van der Waals surface area (Å²) < 4.78 is 27.8. The van der Waals surface area contributed by atoms with Crippen LogP contribution in [0.4, 0.5) is 5.69 Å². The van der Waals surface area contributed by atoms with E-state index in [-0.39, 0.29) is 11.4 Å². The third-order valence-electron chi connectivity index (χ3n) is 2.65. The van der Waals surface area contributed by atoms with Crippen molar-refractivity contribution in [3.8, 4) is 0 Å². The van der Waals surface area contributed by atoms with E-state index in [1.165, 1.54) is 6.20 Å². The van der Waals surface area contributed by atoms with Gasteiger partial charge in [0.2, 0.25) is 0 Å². The fourth-order valence-corrected chi connectivity index (χ4v) is 3.75. The van der Waals surface area contributed by atoms with Crippen molar-refractivity contribution in [3.63, 3.8) is 0 Å². The molecule has 0 amide bonds. The number of benzene rings is 1. The number of hydrogen-bond acceptors (Lipinski definition) is 4. The Bertz CT molecular complexity index is 732. The normalized spacial score (nSPS) is 11.3. The smallest absolute Gasteiger partial charge is 0.263 e. The van der Waals surface area contributed by atoms with Crippen molar-refractivity contribution < 1.29 is 8.42 Å². The molecule has 0 radical (unpaired) electrons. The quantitative estimate of drug-likeness (QED) is 0.881. The van der Waals surface area contributed by atoms with Crippen molar-refractivity contribution in [1.82, 2.24) is 4.98 Å². The number of rotatable bonds is 4. The molecule has 0 saturated heterocycles. The van der Waals surface area contributed by atoms with E-state index in [1.807, 2.05) is 6.92 Å². The Morgan fingerprint density at radius 1 is 1.30 bits per heavy atom. The zero-order chi connectivity index (χ0) is 14.8. The minimum atomic E-state index is -3.69. The summed E-state index contributed by atoms with van der Waals surface area (Å²) in [7, 11) is -3.69. The zero-order valence-electron chi connectivity index (χ0n) is 10.8. The van der Waals surface area contributed by atoms with Crippen LogP contribution < -0.4 is 10.5 Å². The highest BCUT2D eigenvalue weighted by Gasteiger charge is 2.18. The number of anilines is 1. The van der Waals surface area contributed by atoms with Gasteiger partial charge < -0.3 is 5.73 Å². The van der Waals surface area contributed by atoms with E-state index >= 15 is 0 Å². The molecule has 7 heteroatoms. The summed E-state index contributed by atoms with van der Waals surface area (Å²) in [5.74, 6) is 0. The van der Waals surface area contributed by atoms with Crippen molar-refractivity contribution in [2.75, 3.05) is 4.72 Å². The second-order valence-corrected chi connectivity index (χ2v) is 6.83. The lowest BCUT2D eigenvalue weighted by atomic mass is 10.2. The molecule has 0 spiro atoms. The highest BCUT2D eigenvalue weighted by atomic mass is 79.9. The number of aryl methyl sites for hydroxylation is 1. The van der Waals surface area contributed by atoms with Crippen LogP contribution in [-0.2, 0) is 16.6 Å². The topological polar surface area (TPSA) is 85.1 Å². The van der Waals surface area contributed by atoms with E-state index in [0.717, 1.165) is 11.1 Å². The predicted octanol–water partition coefficient (Wildman–Crippen LogP) is 2.41. The number of nitrogens with two attached hydrogens (primary N) is 1. The van der Waals surface area contributed by atoms with Gasteiger partial charge in [-0.1, -0.05) is 6.07 Å². The van der Waals surface area contributed by atoms with Gasteiger partial charge in [-0.05, 0) is 52.2 Å². The Balaban J connectivity index is 2.40. The maximum absolute atomic E-state index is 12.4. The van der Waals surface area contributed by atoms with Crippen LogP contribution >= 0.6 is 15.9 Å². The lowest BCUT2D eigenvalue weighted by Gasteiger charge is -2.11. The molecule has 0 atom stereocenters. The molecule has 1 aromatic heterocycles. The van der Waals surface area contributed by atoms with Crippen molar-refractivity contribution in [3.05, 3.63) is 52.3 Å². The van der Waals surface area contributed by atoms with Crippen molar-refractivity contribution in [2.24, 2.45) is 5.73 Å². The number of halogens is 1. The summed E-state index contributed by atoms with van der Waals surface area (Å²) in [6.07, 6.45) is 3.12. The van der Waals surface area contributed by atoms with Gasteiger partial charge in [0.1, 0.15) is 4.90 Å². The molecule has 0 fully saturated rings. The van der Waals surface area contributed by atoms with Crippen LogP contribution in [0.3, 0.4) is 0 Å². The molecule has 1 aromatic carbocycles. The van der Waals surface area contributed by atoms with Gasteiger partial charge in [0.05, 0.1) is 11.9 Å². The minimum Gasteiger partial charge on any atom is -0.326 e. The molecule has 0 saturated carbocycles. The monoisotopic (exact) mass is 355 g/mol. The average molecular weight is 356 g/mol. The number of sulfonamides is 1. The van der Waals surface area contributed by atoms with Gasteiger partial charge >= 0.3 is 0 Å². The van der Waals surface area contributed by atoms with Crippen LogP contribution in [0.1, 0.15) is 11.1 Å². The Hall–Kier alpha value is -1.44. The van der Waals surface area contributed by atoms with Gasteiger partial charge in [-0.15, -0.1) is 0 Å². The number of pyridine rings is 1. The largest absolute Gasteiger partial charge is 0.326 e. The van der Waals surface area contributed by atoms with Gasteiger partial charge in [0.15, 0.2) is 0 Å². The summed E-state index contributed by atoms with van der Waals surface area (Å²) >= 11 is 3.25. The maximum Gasteiger partial charge on any atom is 0.263 e. The molecule has 2 rings (SSSR count). The van der Waals surface area contributed by atoms with Crippen molar-refractivity contribution >= 4 is 31.6 Å². The van der Waals surface area contributed by atoms with Gasteiger partial charge in [0.25, 0.3) is 10.0 Å². The second kappa shape index (κ2) is 5.90. The van der Waals surface area contributed by atoms with E-state index in [0.29, 0.717) is 10.2 Å². The summed E-state index contributed by atoms with van der Waals surface area (Å²) in [4.78, 5) is 4.11. The molecule has 20 heavy (non-hydrogen) atoms. The molecular weight excluding hydrogens is 342 g/mol. The van der Waals surface area contributed by atoms with E-state index in [9.17, 15) is 8.42 Å². The van der Waals surface area contributed by atoms with Gasteiger partial charge in [0, 0.05) is 17.2 Å². The SMILES string of the molecule is Cc1cncc(NS(=O)(=O)c2cc(CN)ccc2Br)c1. The first-order chi connectivity index (χ1) is 9.42. The zero-order valence-corrected chi connectivity index (χ0v) is 13.2. The lowest BCUT2D eigenvalue weighted by molar-refractivity contribution is 0.600. The number of aromatic nitrogens is 1. The third-order valence-corrected chi connectivity index (χ3v) is 5.02. The second-order valence-electron chi connectivity index (χ2n) is 4.33. The van der Waals surface area contributed by atoms with Gasteiger partial charge in [-0.25, -0.2) is 8.42 Å². The summed E-state index contributed by atoms with van der Waals surface area (Å²) in [6.45, 7) is 2.12. The van der Waals surface area contributed by atoms with Crippen LogP contribution in [0.25, 0.3) is 0 Å². The molecule has 5 nitrogen and oxygen atoms in total. The molecule has 0 aliphatic heterocycles. The van der Waals surface area contributed by atoms with Gasteiger partial charge in [-0.2, -0.15) is 0 Å². The maximum atomic E-state index is 12.4. The lowest BCUT2D eigenvalue weighted by Crippen LogP contribution is -2.14. The summed E-state index contributed by atoms with van der Waals surface area (Å²) in [6, 6.07) is 6.71. The van der Waals surface area contributed by atoms with Crippen LogP contribution in [0.15, 0.2) is 46.0 Å².